The molecule has 0 bridgehead atoms. The Kier molecular flexibility index (Phi) is 10.1. The molecule has 1 aromatic carbocycles. The highest BCUT2D eigenvalue weighted by Crippen LogP contribution is 2.31. The maximum absolute atomic E-state index is 13.1. The van der Waals surface area contributed by atoms with E-state index in [0.717, 1.165) is 24.8 Å². The first-order valence-electron chi connectivity index (χ1n) is 12.7. The molecule has 36 heavy (non-hydrogen) atoms. The molecule has 0 radical (unpaired) electrons. The Labute approximate surface area is 213 Å². The second-order valence-electron chi connectivity index (χ2n) is 9.78. The number of carbonyl (C=O) groups is 2. The molecule has 0 aliphatic carbocycles. The van der Waals surface area contributed by atoms with Crippen LogP contribution in [-0.4, -0.2) is 47.3 Å². The van der Waals surface area contributed by atoms with Crippen LogP contribution >= 0.6 is 0 Å². The van der Waals surface area contributed by atoms with E-state index in [0.29, 0.717) is 25.4 Å². The fourth-order valence-electron chi connectivity index (χ4n) is 4.57. The summed E-state index contributed by atoms with van der Waals surface area (Å²) in [6.45, 7) is 6.76. The van der Waals surface area contributed by atoms with Crippen molar-refractivity contribution in [2.24, 2.45) is 11.8 Å². The zero-order chi connectivity index (χ0) is 26.1. The minimum atomic E-state index is -0.856. The summed E-state index contributed by atoms with van der Waals surface area (Å²) >= 11 is 0. The maximum atomic E-state index is 13.1. The molecule has 1 amide bonds. The number of ether oxygens (including phenoxy) is 3. The zero-order valence-corrected chi connectivity index (χ0v) is 21.6. The molecule has 1 aliphatic heterocycles. The predicted molar refractivity (Wildman–Crippen MR) is 136 cm³/mol. The van der Waals surface area contributed by atoms with Gasteiger partial charge in [0.1, 0.15) is 12.1 Å². The van der Waals surface area contributed by atoms with Gasteiger partial charge < -0.3 is 24.6 Å². The number of hydrogen-bond acceptors (Lipinski definition) is 7. The number of esters is 1. The number of hydrogen-bond donors (Lipinski definition) is 2. The van der Waals surface area contributed by atoms with Gasteiger partial charge in [-0.15, -0.1) is 0 Å². The topological polar surface area (TPSA) is 107 Å². The molecular weight excluding hydrogens is 460 g/mol. The van der Waals surface area contributed by atoms with Crippen molar-refractivity contribution in [3.05, 3.63) is 53.9 Å². The molecule has 0 spiro atoms. The van der Waals surface area contributed by atoms with Gasteiger partial charge in [-0.05, 0) is 44.1 Å². The molecule has 4 atom stereocenters. The van der Waals surface area contributed by atoms with Gasteiger partial charge in [0, 0.05) is 18.2 Å². The third-order valence-corrected chi connectivity index (χ3v) is 6.66. The number of methoxy groups -OCH3 is 1. The minimum Gasteiger partial charge on any atom is -0.503 e. The lowest BCUT2D eigenvalue weighted by Gasteiger charge is -2.31. The van der Waals surface area contributed by atoms with Gasteiger partial charge in [0.15, 0.2) is 17.2 Å². The average Bonchev–Trinajstić information content (AvgIpc) is 2.91. The van der Waals surface area contributed by atoms with Crippen molar-refractivity contribution in [2.45, 2.75) is 77.7 Å². The van der Waals surface area contributed by atoms with Crippen molar-refractivity contribution in [1.29, 1.82) is 0 Å². The van der Waals surface area contributed by atoms with Crippen LogP contribution in [-0.2, 0) is 20.9 Å². The van der Waals surface area contributed by atoms with E-state index in [4.69, 9.17) is 14.2 Å². The first kappa shape index (κ1) is 27.5. The second-order valence-corrected chi connectivity index (χ2v) is 9.78. The lowest BCUT2D eigenvalue weighted by molar-refractivity contribution is -0.156. The van der Waals surface area contributed by atoms with Crippen LogP contribution in [0.4, 0.5) is 0 Å². The van der Waals surface area contributed by atoms with Gasteiger partial charge in [-0.2, -0.15) is 0 Å². The monoisotopic (exact) mass is 498 g/mol. The summed E-state index contributed by atoms with van der Waals surface area (Å²) in [4.78, 5) is 29.9. The van der Waals surface area contributed by atoms with Crippen LogP contribution < -0.4 is 10.1 Å². The Balaban J connectivity index is 1.74. The van der Waals surface area contributed by atoms with Gasteiger partial charge in [-0.25, -0.2) is 9.78 Å². The van der Waals surface area contributed by atoms with Crippen LogP contribution in [0.25, 0.3) is 0 Å². The minimum absolute atomic E-state index is 0.0404. The molecule has 8 nitrogen and oxygen atoms in total. The second kappa shape index (κ2) is 13.3. The summed E-state index contributed by atoms with van der Waals surface area (Å²) in [5.74, 6) is -0.827. The predicted octanol–water partition coefficient (Wildman–Crippen LogP) is 4.65. The molecule has 0 saturated carbocycles. The number of cyclic esters (lactones) is 1. The highest BCUT2D eigenvalue weighted by molar-refractivity contribution is 5.97. The Bertz CT molecular complexity index is 997. The van der Waals surface area contributed by atoms with Crippen LogP contribution in [0.2, 0.25) is 0 Å². The van der Waals surface area contributed by atoms with E-state index in [1.807, 2.05) is 37.3 Å². The van der Waals surface area contributed by atoms with Crippen LogP contribution in [0.1, 0.15) is 68.9 Å². The lowest BCUT2D eigenvalue weighted by atomic mass is 9.86. The van der Waals surface area contributed by atoms with E-state index in [2.05, 4.69) is 24.1 Å². The number of nitrogens with zero attached hydrogens (tertiary/aromatic N) is 1. The summed E-state index contributed by atoms with van der Waals surface area (Å²) in [6.07, 6.45) is 4.59. The molecule has 1 aromatic heterocycles. The Morgan fingerprint density at radius 2 is 1.97 bits per heavy atom. The molecule has 2 N–H and O–H groups in total. The molecule has 2 aromatic rings. The Morgan fingerprint density at radius 3 is 2.67 bits per heavy atom. The van der Waals surface area contributed by atoms with Crippen LogP contribution in [0.3, 0.4) is 0 Å². The van der Waals surface area contributed by atoms with Crippen molar-refractivity contribution < 1.29 is 28.9 Å². The van der Waals surface area contributed by atoms with Crippen LogP contribution in [0, 0.1) is 11.8 Å². The van der Waals surface area contributed by atoms with Gasteiger partial charge in [0.2, 0.25) is 0 Å². The van der Waals surface area contributed by atoms with Gasteiger partial charge in [-0.1, -0.05) is 50.6 Å². The molecule has 8 heteroatoms. The molecule has 196 valence electrons. The highest BCUT2D eigenvalue weighted by atomic mass is 16.5. The summed E-state index contributed by atoms with van der Waals surface area (Å²) in [5, 5.41) is 13.0. The van der Waals surface area contributed by atoms with Crippen molar-refractivity contribution >= 4 is 11.9 Å². The summed E-state index contributed by atoms with van der Waals surface area (Å²) < 4.78 is 17.3. The van der Waals surface area contributed by atoms with Crippen LogP contribution in [0.15, 0.2) is 42.6 Å². The average molecular weight is 499 g/mol. The molecule has 3 rings (SSSR count). The van der Waals surface area contributed by atoms with Gasteiger partial charge in [0.05, 0.1) is 19.8 Å². The number of benzene rings is 1. The smallest absolute Gasteiger partial charge is 0.328 e. The fourth-order valence-corrected chi connectivity index (χ4v) is 4.57. The van der Waals surface area contributed by atoms with E-state index in [1.54, 1.807) is 0 Å². The maximum Gasteiger partial charge on any atom is 0.328 e. The Morgan fingerprint density at radius 1 is 1.22 bits per heavy atom. The number of carbonyl (C=O) groups excluding carboxylic acids is 2. The molecular formula is C28H38N2O6. The van der Waals surface area contributed by atoms with E-state index in [1.165, 1.54) is 19.4 Å². The van der Waals surface area contributed by atoms with E-state index >= 15 is 0 Å². The van der Waals surface area contributed by atoms with Crippen molar-refractivity contribution in [1.82, 2.24) is 10.3 Å². The summed E-state index contributed by atoms with van der Waals surface area (Å²) in [5.41, 5.74) is 0.898. The number of pyridine rings is 1. The fraction of sp³-hybridized carbons (Fsp3) is 0.536. The largest absolute Gasteiger partial charge is 0.503 e. The third-order valence-electron chi connectivity index (χ3n) is 6.66. The first-order valence-corrected chi connectivity index (χ1v) is 12.7. The van der Waals surface area contributed by atoms with Crippen molar-refractivity contribution in [3.63, 3.8) is 0 Å². The quantitative estimate of drug-likeness (QED) is 0.485. The van der Waals surface area contributed by atoms with E-state index in [-0.39, 0.29) is 35.3 Å². The first-order chi connectivity index (χ1) is 17.3. The molecule has 1 aliphatic rings. The van der Waals surface area contributed by atoms with Crippen LogP contribution in [0.5, 0.6) is 11.5 Å². The summed E-state index contributed by atoms with van der Waals surface area (Å²) in [7, 11) is 1.39. The number of rotatable bonds is 9. The van der Waals surface area contributed by atoms with Gasteiger partial charge >= 0.3 is 5.97 Å². The molecule has 1 unspecified atom stereocenters. The summed E-state index contributed by atoms with van der Waals surface area (Å²) in [6, 6.07) is 10.6. The van der Waals surface area contributed by atoms with Crippen molar-refractivity contribution in [2.75, 3.05) is 7.11 Å². The molecule has 2 heterocycles. The number of aromatic hydroxyl groups is 1. The van der Waals surface area contributed by atoms with E-state index in [9.17, 15) is 14.7 Å². The van der Waals surface area contributed by atoms with Gasteiger partial charge in [-0.3, -0.25) is 4.79 Å². The number of aromatic nitrogens is 1. The lowest BCUT2D eigenvalue weighted by Crippen LogP contribution is -2.43. The standard InChI is InChI=1S/C28H38N2O6/c1-18(2)13-14-21-19(3)36-28(33)22(30-27(32)25-26(31)24(34-4)15-16-29-25)11-8-12-23(21)35-17-20-9-6-5-7-10-20/h5-7,9-10,15-16,18-19,21-23,31H,8,11-14,17H2,1-4H3,(H,30,32)/t19-,21-,22?,23-/m0/s1. The van der Waals surface area contributed by atoms with Gasteiger partial charge in [0.25, 0.3) is 5.91 Å². The van der Waals surface area contributed by atoms with Crippen molar-refractivity contribution in [3.8, 4) is 11.5 Å². The molecule has 1 fully saturated rings. The Hall–Kier alpha value is -3.13. The highest BCUT2D eigenvalue weighted by Gasteiger charge is 2.35. The normalized spacial score (nSPS) is 22.8. The van der Waals surface area contributed by atoms with E-state index < -0.39 is 17.9 Å². The SMILES string of the molecule is COc1ccnc(C(=O)NC2CCC[C@H](OCc3ccccc3)[C@@H](CCC(C)C)[C@H](C)OC2=O)c1O. The third kappa shape index (κ3) is 7.43. The molecule has 1 saturated heterocycles. The zero-order valence-electron chi connectivity index (χ0n) is 21.6. The number of nitrogens with one attached hydrogen (secondary N) is 1. The number of amides is 1.